The number of aromatic nitrogens is 3. The van der Waals surface area contributed by atoms with E-state index in [1.54, 1.807) is 7.11 Å². The van der Waals surface area contributed by atoms with E-state index in [1.807, 2.05) is 25.1 Å². The lowest BCUT2D eigenvalue weighted by Gasteiger charge is -2.04. The van der Waals surface area contributed by atoms with E-state index in [1.165, 1.54) is 0 Å². The van der Waals surface area contributed by atoms with Crippen LogP contribution in [-0.2, 0) is 4.74 Å². The third-order valence-corrected chi connectivity index (χ3v) is 2.62. The molecule has 0 fully saturated rings. The molecule has 0 atom stereocenters. The second-order valence-electron chi connectivity index (χ2n) is 4.23. The molecule has 6 nitrogen and oxygen atoms in total. The molecule has 100 valence electrons. The van der Waals surface area contributed by atoms with Crippen molar-refractivity contribution in [3.63, 3.8) is 0 Å². The van der Waals surface area contributed by atoms with Gasteiger partial charge in [-0.15, -0.1) is 10.2 Å². The molecule has 0 radical (unpaired) electrons. The number of methoxy groups -OCH3 is 1. The molecule has 0 saturated carbocycles. The Balaban J connectivity index is 2.09. The zero-order valence-electron chi connectivity index (χ0n) is 11.0. The van der Waals surface area contributed by atoms with Gasteiger partial charge in [-0.05, 0) is 31.0 Å². The van der Waals surface area contributed by atoms with Crippen LogP contribution in [0.1, 0.15) is 22.6 Å². The maximum atomic E-state index is 11.8. The highest BCUT2D eigenvalue weighted by atomic mass is 16.5. The van der Waals surface area contributed by atoms with Crippen LogP contribution in [0.5, 0.6) is 0 Å². The molecule has 0 spiro atoms. The minimum Gasteiger partial charge on any atom is -0.385 e. The molecule has 0 unspecified atom stereocenters. The average molecular weight is 260 g/mol. The summed E-state index contributed by atoms with van der Waals surface area (Å²) < 4.78 is 4.91. The molecular formula is C13H16N4O2. The Morgan fingerprint density at radius 2 is 2.16 bits per heavy atom. The van der Waals surface area contributed by atoms with E-state index in [4.69, 9.17) is 4.74 Å². The summed E-state index contributed by atoms with van der Waals surface area (Å²) in [6.07, 6.45) is 0.752. The molecule has 2 aromatic rings. The number of benzene rings is 1. The van der Waals surface area contributed by atoms with Crippen molar-refractivity contribution in [2.24, 2.45) is 0 Å². The first kappa shape index (κ1) is 13.4. The van der Waals surface area contributed by atoms with E-state index in [-0.39, 0.29) is 11.7 Å². The highest BCUT2D eigenvalue weighted by Crippen LogP contribution is 2.10. The fourth-order valence-corrected chi connectivity index (χ4v) is 1.64. The molecule has 1 aromatic heterocycles. The average Bonchev–Trinajstić information content (AvgIpc) is 2.42. The molecule has 1 N–H and O–H groups in total. The minimum atomic E-state index is -0.313. The molecular weight excluding hydrogens is 244 g/mol. The van der Waals surface area contributed by atoms with Gasteiger partial charge in [0, 0.05) is 20.3 Å². The minimum absolute atomic E-state index is 0.0931. The topological polar surface area (TPSA) is 77.0 Å². The zero-order valence-corrected chi connectivity index (χ0v) is 11.0. The Kier molecular flexibility index (Phi) is 4.35. The maximum absolute atomic E-state index is 11.8. The SMILES string of the molecule is COCCCNC(=O)c1nnc2ccc(C)cc2n1. The van der Waals surface area contributed by atoms with Gasteiger partial charge < -0.3 is 10.1 Å². The predicted octanol–water partition coefficient (Wildman–Crippen LogP) is 1.10. The number of carbonyl (C=O) groups is 1. The Bertz CT molecular complexity index is 586. The van der Waals surface area contributed by atoms with Gasteiger partial charge >= 0.3 is 0 Å². The van der Waals surface area contributed by atoms with Crippen molar-refractivity contribution in [3.8, 4) is 0 Å². The summed E-state index contributed by atoms with van der Waals surface area (Å²) in [7, 11) is 1.63. The summed E-state index contributed by atoms with van der Waals surface area (Å²) in [6.45, 7) is 3.10. The van der Waals surface area contributed by atoms with E-state index in [0.717, 1.165) is 12.0 Å². The third kappa shape index (κ3) is 3.45. The molecule has 2 rings (SSSR count). The normalized spacial score (nSPS) is 10.6. The van der Waals surface area contributed by atoms with Crippen LogP contribution in [0.15, 0.2) is 18.2 Å². The number of amides is 1. The van der Waals surface area contributed by atoms with E-state index in [0.29, 0.717) is 24.2 Å². The zero-order chi connectivity index (χ0) is 13.7. The summed E-state index contributed by atoms with van der Waals surface area (Å²) in [5.41, 5.74) is 2.43. The fraction of sp³-hybridized carbons (Fsp3) is 0.385. The standard InChI is InChI=1S/C13H16N4O2/c1-9-4-5-10-11(8-9)15-12(17-16-10)13(18)14-6-3-7-19-2/h4-5,8H,3,6-7H2,1-2H3,(H,14,18). The van der Waals surface area contributed by atoms with Crippen LogP contribution in [-0.4, -0.2) is 41.3 Å². The van der Waals surface area contributed by atoms with Gasteiger partial charge in [0.25, 0.3) is 5.91 Å². The first-order valence-corrected chi connectivity index (χ1v) is 6.09. The number of fused-ring (bicyclic) bond motifs is 1. The highest BCUT2D eigenvalue weighted by molar-refractivity contribution is 5.91. The molecule has 0 aliphatic heterocycles. The first-order valence-electron chi connectivity index (χ1n) is 6.09. The van der Waals surface area contributed by atoms with E-state index in [9.17, 15) is 4.79 Å². The number of carbonyl (C=O) groups excluding carboxylic acids is 1. The van der Waals surface area contributed by atoms with Gasteiger partial charge in [0.2, 0.25) is 5.82 Å². The largest absolute Gasteiger partial charge is 0.385 e. The Morgan fingerprint density at radius 1 is 1.32 bits per heavy atom. The molecule has 1 aromatic carbocycles. The molecule has 6 heteroatoms. The third-order valence-electron chi connectivity index (χ3n) is 2.62. The molecule has 1 heterocycles. The number of ether oxygens (including phenoxy) is 1. The van der Waals surface area contributed by atoms with Gasteiger partial charge in [0.1, 0.15) is 5.52 Å². The molecule has 0 bridgehead atoms. The predicted molar refractivity (Wildman–Crippen MR) is 70.9 cm³/mol. The lowest BCUT2D eigenvalue weighted by atomic mass is 10.2. The number of nitrogens with zero attached hydrogens (tertiary/aromatic N) is 3. The van der Waals surface area contributed by atoms with Crippen LogP contribution < -0.4 is 5.32 Å². The first-order chi connectivity index (χ1) is 9.20. The molecule has 0 aliphatic rings. The van der Waals surface area contributed by atoms with Crippen molar-refractivity contribution in [2.75, 3.05) is 20.3 Å². The Hall–Kier alpha value is -2.08. The number of rotatable bonds is 5. The van der Waals surface area contributed by atoms with Crippen LogP contribution in [0, 0.1) is 6.92 Å². The van der Waals surface area contributed by atoms with E-state index in [2.05, 4.69) is 20.5 Å². The van der Waals surface area contributed by atoms with Gasteiger partial charge in [-0.1, -0.05) is 6.07 Å². The maximum Gasteiger partial charge on any atom is 0.291 e. The van der Waals surface area contributed by atoms with Crippen LogP contribution in [0.25, 0.3) is 11.0 Å². The van der Waals surface area contributed by atoms with Gasteiger partial charge in [-0.3, -0.25) is 4.79 Å². The number of hydrogen-bond donors (Lipinski definition) is 1. The molecule has 0 aliphatic carbocycles. The second kappa shape index (κ2) is 6.19. The molecule has 19 heavy (non-hydrogen) atoms. The second-order valence-corrected chi connectivity index (χ2v) is 4.23. The van der Waals surface area contributed by atoms with Crippen molar-refractivity contribution >= 4 is 16.9 Å². The quantitative estimate of drug-likeness (QED) is 0.814. The van der Waals surface area contributed by atoms with E-state index < -0.39 is 0 Å². The summed E-state index contributed by atoms with van der Waals surface area (Å²) in [5, 5.41) is 10.5. The van der Waals surface area contributed by atoms with Crippen LogP contribution in [0.4, 0.5) is 0 Å². The monoisotopic (exact) mass is 260 g/mol. The lowest BCUT2D eigenvalue weighted by Crippen LogP contribution is -2.27. The van der Waals surface area contributed by atoms with Crippen LogP contribution in [0.3, 0.4) is 0 Å². The summed E-state index contributed by atoms with van der Waals surface area (Å²) in [6, 6.07) is 5.65. The lowest BCUT2D eigenvalue weighted by molar-refractivity contribution is 0.0937. The van der Waals surface area contributed by atoms with Crippen molar-refractivity contribution in [3.05, 3.63) is 29.6 Å². The van der Waals surface area contributed by atoms with Crippen molar-refractivity contribution in [1.29, 1.82) is 0 Å². The van der Waals surface area contributed by atoms with E-state index >= 15 is 0 Å². The van der Waals surface area contributed by atoms with Gasteiger partial charge in [0.05, 0.1) is 5.52 Å². The molecule has 0 saturated heterocycles. The van der Waals surface area contributed by atoms with Crippen LogP contribution in [0.2, 0.25) is 0 Å². The Labute approximate surface area is 111 Å². The number of nitrogens with one attached hydrogen (secondary N) is 1. The molecule has 1 amide bonds. The van der Waals surface area contributed by atoms with Crippen LogP contribution >= 0.6 is 0 Å². The summed E-state index contributed by atoms with van der Waals surface area (Å²) >= 11 is 0. The number of aryl methyl sites for hydroxylation is 1. The fourth-order valence-electron chi connectivity index (χ4n) is 1.64. The highest BCUT2D eigenvalue weighted by Gasteiger charge is 2.10. The van der Waals surface area contributed by atoms with Gasteiger partial charge in [0.15, 0.2) is 0 Å². The summed E-state index contributed by atoms with van der Waals surface area (Å²) in [5.74, 6) is -0.220. The van der Waals surface area contributed by atoms with Crippen molar-refractivity contribution in [2.45, 2.75) is 13.3 Å². The smallest absolute Gasteiger partial charge is 0.291 e. The Morgan fingerprint density at radius 3 is 2.95 bits per heavy atom. The number of hydrogen-bond acceptors (Lipinski definition) is 5. The van der Waals surface area contributed by atoms with Crippen molar-refractivity contribution in [1.82, 2.24) is 20.5 Å². The van der Waals surface area contributed by atoms with Gasteiger partial charge in [-0.25, -0.2) is 4.98 Å². The van der Waals surface area contributed by atoms with Gasteiger partial charge in [-0.2, -0.15) is 0 Å². The summed E-state index contributed by atoms with van der Waals surface area (Å²) in [4.78, 5) is 16.0. The van der Waals surface area contributed by atoms with Crippen molar-refractivity contribution < 1.29 is 9.53 Å².